The van der Waals surface area contributed by atoms with E-state index in [0.717, 1.165) is 45.6 Å². The Morgan fingerprint density at radius 1 is 0.880 bits per heavy atom. The number of carbonyl (C=O) groups excluding carboxylic acids is 2. The summed E-state index contributed by atoms with van der Waals surface area (Å²) < 4.78 is 42.4. The van der Waals surface area contributed by atoms with E-state index in [-0.39, 0.29) is 81.0 Å². The van der Waals surface area contributed by atoms with Crippen LogP contribution >= 0.6 is 7.82 Å². The minimum absolute atomic E-state index is 0. The number of carbonyl (C=O) groups is 2. The predicted molar refractivity (Wildman–Crippen MR) is 172 cm³/mol. The van der Waals surface area contributed by atoms with E-state index in [0.29, 0.717) is 39.1 Å². The van der Waals surface area contributed by atoms with Crippen molar-refractivity contribution in [1.29, 1.82) is 0 Å². The third-order valence-corrected chi connectivity index (χ3v) is 10.2. The first-order valence-corrected chi connectivity index (χ1v) is 18.4. The van der Waals surface area contributed by atoms with E-state index in [2.05, 4.69) is 9.84 Å². The monoisotopic (exact) mass is 752 g/mol. The Hall–Kier alpha value is -0.310. The van der Waals surface area contributed by atoms with E-state index in [1.165, 1.54) is 0 Å². The normalized spacial score (nSPS) is 29.4. The van der Waals surface area contributed by atoms with Crippen LogP contribution in [-0.2, 0) is 42.1 Å². The summed E-state index contributed by atoms with van der Waals surface area (Å²) in [5, 5.41) is 51.5. The molecular formula is C31H58N2NaO15P. The molecule has 50 heavy (non-hydrogen) atoms. The number of unbranched alkanes of at least 4 members (excludes halogenated alkanes) is 5. The summed E-state index contributed by atoms with van der Waals surface area (Å²) in [6.45, 7) is 4.79. The summed E-state index contributed by atoms with van der Waals surface area (Å²) in [5.74, 6) is -0.0812. The van der Waals surface area contributed by atoms with Crippen LogP contribution in [0.3, 0.4) is 0 Å². The van der Waals surface area contributed by atoms with Gasteiger partial charge in [0.2, 0.25) is 11.8 Å². The van der Waals surface area contributed by atoms with E-state index in [1.807, 2.05) is 6.92 Å². The summed E-state index contributed by atoms with van der Waals surface area (Å²) in [6, 6.07) is 0. The van der Waals surface area contributed by atoms with Gasteiger partial charge in [-0.1, -0.05) is 39.5 Å². The molecule has 2 aliphatic rings. The molecule has 2 rings (SSSR count). The standard InChI is InChI=1S/C31H59N2O15P.Na/c1-30(21-35)19-33(20-31(30,2)22-47-49(41,42)43-3)25(37)11-9-7-5-4-6-8-10-24(36)32-12-13-44-14-15-45-16-17-46-29-28(40)27(39)26(38)23(18-34)48-29;/h23,26-29,34-35,38-40H,4-22H2,1-3H3,(H,32,36)(H,41,42);/q;+1/p-1/t23-,26-,27+,28+,29+,30+,31-;/m1./s1. The third kappa shape index (κ3) is 15.6. The molecule has 288 valence electrons. The van der Waals surface area contributed by atoms with Crippen molar-refractivity contribution < 1.29 is 102 Å². The van der Waals surface area contributed by atoms with Gasteiger partial charge in [-0.15, -0.1) is 0 Å². The number of phosphoric ester groups is 1. The van der Waals surface area contributed by atoms with Gasteiger partial charge in [0.15, 0.2) is 6.29 Å². The van der Waals surface area contributed by atoms with Crippen LogP contribution in [0.15, 0.2) is 0 Å². The molecule has 2 saturated heterocycles. The van der Waals surface area contributed by atoms with Crippen molar-refractivity contribution in [3.63, 3.8) is 0 Å². The summed E-state index contributed by atoms with van der Waals surface area (Å²) >= 11 is 0. The van der Waals surface area contributed by atoms with Crippen LogP contribution in [-0.4, -0.2) is 153 Å². The smallest absolute Gasteiger partial charge is 0.756 e. The second-order valence-corrected chi connectivity index (χ2v) is 14.7. The van der Waals surface area contributed by atoms with Gasteiger partial charge in [0.25, 0.3) is 7.82 Å². The van der Waals surface area contributed by atoms with Crippen molar-refractivity contribution in [2.45, 2.75) is 95.9 Å². The molecule has 0 aromatic heterocycles. The Morgan fingerprint density at radius 3 is 2.08 bits per heavy atom. The molecule has 1 unspecified atom stereocenters. The molecular weight excluding hydrogens is 694 g/mol. The molecule has 0 radical (unpaired) electrons. The van der Waals surface area contributed by atoms with Gasteiger partial charge < -0.3 is 68.6 Å². The van der Waals surface area contributed by atoms with Gasteiger partial charge >= 0.3 is 29.6 Å². The number of hydrogen-bond acceptors (Lipinski definition) is 15. The largest absolute Gasteiger partial charge is 1.00 e. The Bertz CT molecular complexity index is 1030. The maximum atomic E-state index is 12.9. The number of likely N-dealkylation sites (tertiary alicyclic amines) is 1. The molecule has 17 nitrogen and oxygen atoms in total. The number of nitrogens with one attached hydrogen (secondary N) is 1. The van der Waals surface area contributed by atoms with Crippen molar-refractivity contribution in [1.82, 2.24) is 10.2 Å². The summed E-state index contributed by atoms with van der Waals surface area (Å²) in [5.41, 5.74) is -1.47. The number of phosphoric acid groups is 1. The number of aliphatic hydroxyl groups excluding tert-OH is 5. The first-order valence-electron chi connectivity index (χ1n) is 17.0. The zero-order chi connectivity index (χ0) is 36.5. The molecule has 6 N–H and O–H groups in total. The molecule has 0 aromatic carbocycles. The predicted octanol–water partition coefficient (Wildman–Crippen LogP) is -3.94. The Labute approximate surface area is 317 Å². The minimum atomic E-state index is -4.43. The second-order valence-electron chi connectivity index (χ2n) is 13.2. The van der Waals surface area contributed by atoms with Crippen LogP contribution in [0.4, 0.5) is 0 Å². The van der Waals surface area contributed by atoms with E-state index in [1.54, 1.807) is 11.8 Å². The van der Waals surface area contributed by atoms with Gasteiger partial charge in [-0.2, -0.15) is 0 Å². The number of nitrogens with zero attached hydrogens (tertiary/aromatic N) is 1. The van der Waals surface area contributed by atoms with Crippen LogP contribution in [0.5, 0.6) is 0 Å². The van der Waals surface area contributed by atoms with Crippen LogP contribution in [0.2, 0.25) is 0 Å². The van der Waals surface area contributed by atoms with Gasteiger partial charge in [0.05, 0.1) is 52.9 Å². The average molecular weight is 753 g/mol. The topological polar surface area (TPSA) is 246 Å². The van der Waals surface area contributed by atoms with E-state index in [9.17, 15) is 44.6 Å². The molecule has 0 aliphatic carbocycles. The molecule has 2 amide bonds. The summed E-state index contributed by atoms with van der Waals surface area (Å²) in [7, 11) is -3.41. The van der Waals surface area contributed by atoms with Gasteiger partial charge in [-0.3, -0.25) is 14.2 Å². The summed E-state index contributed by atoms with van der Waals surface area (Å²) in [6.07, 6.45) is -0.684. The van der Waals surface area contributed by atoms with Crippen molar-refractivity contribution >= 4 is 19.6 Å². The third-order valence-electron chi connectivity index (χ3n) is 9.35. The number of hydrogen-bond donors (Lipinski definition) is 6. The van der Waals surface area contributed by atoms with Crippen LogP contribution in [0, 0.1) is 10.8 Å². The zero-order valence-electron chi connectivity index (χ0n) is 30.0. The van der Waals surface area contributed by atoms with Crippen molar-refractivity contribution in [2.75, 3.05) is 79.6 Å². The molecule has 0 aromatic rings. The Morgan fingerprint density at radius 2 is 1.46 bits per heavy atom. The second kappa shape index (κ2) is 24.2. The quantitative estimate of drug-likeness (QED) is 0.0296. The van der Waals surface area contributed by atoms with Gasteiger partial charge in [-0.25, -0.2) is 0 Å². The van der Waals surface area contributed by atoms with Crippen LogP contribution < -0.4 is 39.8 Å². The number of amides is 2. The first kappa shape index (κ1) is 47.7. The van der Waals surface area contributed by atoms with E-state index >= 15 is 0 Å². The van der Waals surface area contributed by atoms with E-state index < -0.39 is 56.0 Å². The van der Waals surface area contributed by atoms with Gasteiger partial charge in [-0.05, 0) is 12.8 Å². The first-order chi connectivity index (χ1) is 23.2. The zero-order valence-corrected chi connectivity index (χ0v) is 32.9. The fourth-order valence-corrected chi connectivity index (χ4v) is 6.27. The Kier molecular flexibility index (Phi) is 23.1. The van der Waals surface area contributed by atoms with Crippen LogP contribution in [0.1, 0.15) is 65.2 Å². The number of ether oxygens (including phenoxy) is 4. The molecule has 0 spiro atoms. The van der Waals surface area contributed by atoms with Crippen molar-refractivity contribution in [3.05, 3.63) is 0 Å². The maximum absolute atomic E-state index is 12.9. The minimum Gasteiger partial charge on any atom is -0.756 e. The molecule has 0 bridgehead atoms. The van der Waals surface area contributed by atoms with Crippen molar-refractivity contribution in [3.8, 4) is 0 Å². The average Bonchev–Trinajstić information content (AvgIpc) is 3.36. The maximum Gasteiger partial charge on any atom is 1.00 e. The van der Waals surface area contributed by atoms with Crippen molar-refractivity contribution in [2.24, 2.45) is 10.8 Å². The number of aliphatic hydroxyl groups is 5. The fourth-order valence-electron chi connectivity index (χ4n) is 5.72. The fraction of sp³-hybridized carbons (Fsp3) is 0.935. The molecule has 19 heteroatoms. The Balaban J connectivity index is 0.0000125. The SMILES string of the molecule is COP(=O)([O-])OC[C@@]1(C)CN(C(=O)CCCCCCCCC(=O)NCCOCCOCCO[C@H]2O[C@H](CO)[C@@H](O)[C@H](O)[C@@H]2O)C[C@@]1(C)CO.[Na+]. The summed E-state index contributed by atoms with van der Waals surface area (Å²) in [4.78, 5) is 38.3. The van der Waals surface area contributed by atoms with Gasteiger partial charge in [0.1, 0.15) is 24.4 Å². The van der Waals surface area contributed by atoms with Crippen LogP contribution in [0.25, 0.3) is 0 Å². The molecule has 2 aliphatic heterocycles. The van der Waals surface area contributed by atoms with Gasteiger partial charge in [0, 0.05) is 50.4 Å². The molecule has 2 heterocycles. The molecule has 8 atom stereocenters. The molecule has 2 fully saturated rings. The number of rotatable bonds is 25. The van der Waals surface area contributed by atoms with E-state index in [4.69, 9.17) is 23.5 Å². The molecule has 0 saturated carbocycles.